The summed E-state index contributed by atoms with van der Waals surface area (Å²) in [7, 11) is 0. The predicted octanol–water partition coefficient (Wildman–Crippen LogP) is 0.548. The Labute approximate surface area is 177 Å². The van der Waals surface area contributed by atoms with Crippen molar-refractivity contribution in [3.8, 4) is 0 Å². The maximum absolute atomic E-state index is 13.2. The number of hydrogen-bond donors (Lipinski definition) is 3. The van der Waals surface area contributed by atoms with Gasteiger partial charge in [-0.1, -0.05) is 20.3 Å². The van der Waals surface area contributed by atoms with E-state index >= 15 is 0 Å². The molecular formula is C21H33N5O4. The minimum atomic E-state index is -0.573. The first-order chi connectivity index (χ1) is 14.1. The van der Waals surface area contributed by atoms with Gasteiger partial charge in [-0.15, -0.1) is 0 Å². The molecule has 166 valence electrons. The van der Waals surface area contributed by atoms with Gasteiger partial charge in [-0.05, 0) is 37.5 Å². The van der Waals surface area contributed by atoms with Crippen LogP contribution in [0.25, 0.3) is 0 Å². The van der Waals surface area contributed by atoms with E-state index in [1.165, 1.54) is 4.90 Å². The predicted molar refractivity (Wildman–Crippen MR) is 109 cm³/mol. The summed E-state index contributed by atoms with van der Waals surface area (Å²) in [6.07, 6.45) is 8.60. The second kappa shape index (κ2) is 7.44. The summed E-state index contributed by atoms with van der Waals surface area (Å²) in [5.74, 6) is -0.269. The lowest BCUT2D eigenvalue weighted by atomic mass is 9.75. The summed E-state index contributed by atoms with van der Waals surface area (Å²) in [4.78, 5) is 42.3. The summed E-state index contributed by atoms with van der Waals surface area (Å²) in [6.45, 7) is 4.73. The van der Waals surface area contributed by atoms with E-state index in [1.54, 1.807) is 22.2 Å². The molecule has 0 spiro atoms. The lowest BCUT2D eigenvalue weighted by Gasteiger charge is -2.37. The third-order valence-corrected chi connectivity index (χ3v) is 7.29. The molecule has 0 aromatic heterocycles. The first-order valence-electron chi connectivity index (χ1n) is 10.8. The second-order valence-corrected chi connectivity index (χ2v) is 10.2. The molecule has 0 aromatic carbocycles. The van der Waals surface area contributed by atoms with Crippen LogP contribution in [0.1, 0.15) is 52.4 Å². The van der Waals surface area contributed by atoms with Gasteiger partial charge in [-0.25, -0.2) is 4.79 Å². The Kier molecular flexibility index (Phi) is 5.20. The Hall–Kier alpha value is -2.29. The number of piperidine rings is 1. The molecule has 2 saturated carbocycles. The monoisotopic (exact) mass is 419 g/mol. The van der Waals surface area contributed by atoms with Gasteiger partial charge in [0.05, 0.1) is 19.8 Å². The molecule has 1 saturated heterocycles. The van der Waals surface area contributed by atoms with E-state index in [9.17, 15) is 19.5 Å². The van der Waals surface area contributed by atoms with E-state index in [4.69, 9.17) is 5.73 Å². The fourth-order valence-corrected chi connectivity index (χ4v) is 5.53. The summed E-state index contributed by atoms with van der Waals surface area (Å²) in [5, 5.41) is 13.1. The topological polar surface area (TPSA) is 119 Å². The standard InChI is InChI=1S/C21H33N5O4/c1-20(2)5-3-4-14(8-20)23-18(29)15-9-21(12-27)10-16(21)26(15)17(28)11-24-6-7-25(13-24)19(22)30/h6-7,14-16,27H,3-5,8-13H2,1-2H3,(H2,22,30)(H,23,29)/t14?,15-,16+,21-/m0/s1. The molecule has 4 rings (SSSR count). The van der Waals surface area contributed by atoms with Crippen molar-refractivity contribution in [1.82, 2.24) is 20.0 Å². The number of hydrogen-bond acceptors (Lipinski definition) is 5. The molecule has 2 aliphatic heterocycles. The van der Waals surface area contributed by atoms with E-state index in [2.05, 4.69) is 19.2 Å². The zero-order valence-corrected chi connectivity index (χ0v) is 17.8. The van der Waals surface area contributed by atoms with Crippen LogP contribution in [-0.2, 0) is 9.59 Å². The number of carbonyl (C=O) groups excluding carboxylic acids is 3. The second-order valence-electron chi connectivity index (χ2n) is 10.2. The molecule has 3 fully saturated rings. The number of aliphatic hydroxyl groups is 1. The zero-order chi connectivity index (χ0) is 21.7. The fourth-order valence-electron chi connectivity index (χ4n) is 5.53. The van der Waals surface area contributed by atoms with Crippen LogP contribution in [0.3, 0.4) is 0 Å². The van der Waals surface area contributed by atoms with Crippen molar-refractivity contribution in [3.05, 3.63) is 12.4 Å². The average Bonchev–Trinajstić information content (AvgIpc) is 3.02. The first kappa shape index (κ1) is 21.0. The summed E-state index contributed by atoms with van der Waals surface area (Å²) in [5.41, 5.74) is 5.15. The summed E-state index contributed by atoms with van der Waals surface area (Å²) >= 11 is 0. The number of nitrogens with zero attached hydrogens (tertiary/aromatic N) is 3. The van der Waals surface area contributed by atoms with Crippen LogP contribution in [-0.4, -0.2) is 75.6 Å². The minimum absolute atomic E-state index is 0.0131. The normalized spacial score (nSPS) is 34.1. The first-order valence-corrected chi connectivity index (χ1v) is 10.8. The minimum Gasteiger partial charge on any atom is -0.396 e. The maximum Gasteiger partial charge on any atom is 0.320 e. The van der Waals surface area contributed by atoms with Crippen LogP contribution in [0.4, 0.5) is 4.79 Å². The van der Waals surface area contributed by atoms with E-state index in [0.29, 0.717) is 6.42 Å². The van der Waals surface area contributed by atoms with Gasteiger partial charge in [0.15, 0.2) is 0 Å². The van der Waals surface area contributed by atoms with Gasteiger partial charge in [-0.3, -0.25) is 14.5 Å². The average molecular weight is 420 g/mol. The van der Waals surface area contributed by atoms with Crippen molar-refractivity contribution in [2.75, 3.05) is 19.8 Å². The Balaban J connectivity index is 1.41. The maximum atomic E-state index is 13.2. The molecule has 0 aromatic rings. The van der Waals surface area contributed by atoms with Crippen molar-refractivity contribution < 1.29 is 19.5 Å². The van der Waals surface area contributed by atoms with Crippen LogP contribution in [0.5, 0.6) is 0 Å². The van der Waals surface area contributed by atoms with E-state index < -0.39 is 12.1 Å². The molecule has 4 amide bonds. The van der Waals surface area contributed by atoms with Crippen LogP contribution in [0, 0.1) is 10.8 Å². The van der Waals surface area contributed by atoms with Crippen molar-refractivity contribution >= 4 is 17.8 Å². The Bertz CT molecular complexity index is 768. The van der Waals surface area contributed by atoms with Crippen molar-refractivity contribution in [1.29, 1.82) is 0 Å². The lowest BCUT2D eigenvalue weighted by Crippen LogP contribution is -2.53. The number of urea groups is 1. The van der Waals surface area contributed by atoms with E-state index in [-0.39, 0.29) is 54.5 Å². The van der Waals surface area contributed by atoms with E-state index in [1.807, 2.05) is 0 Å². The number of amides is 4. The molecule has 2 aliphatic carbocycles. The molecule has 30 heavy (non-hydrogen) atoms. The van der Waals surface area contributed by atoms with E-state index in [0.717, 1.165) is 32.1 Å². The summed E-state index contributed by atoms with van der Waals surface area (Å²) < 4.78 is 0. The quantitative estimate of drug-likeness (QED) is 0.601. The molecule has 4 aliphatic rings. The number of fused-ring (bicyclic) bond motifs is 1. The number of aliphatic hydroxyl groups excluding tert-OH is 1. The molecule has 9 heteroatoms. The Morgan fingerprint density at radius 3 is 2.60 bits per heavy atom. The number of rotatable bonds is 5. The molecular weight excluding hydrogens is 386 g/mol. The van der Waals surface area contributed by atoms with Gasteiger partial charge in [0.2, 0.25) is 11.8 Å². The highest BCUT2D eigenvalue weighted by Gasteiger charge is 2.67. The zero-order valence-electron chi connectivity index (χ0n) is 17.8. The highest BCUT2D eigenvalue weighted by molar-refractivity contribution is 5.90. The van der Waals surface area contributed by atoms with Gasteiger partial charge >= 0.3 is 6.03 Å². The third kappa shape index (κ3) is 3.87. The molecule has 9 nitrogen and oxygen atoms in total. The number of nitrogens with one attached hydrogen (secondary N) is 1. The van der Waals surface area contributed by atoms with Crippen molar-refractivity contribution in [3.63, 3.8) is 0 Å². The lowest BCUT2D eigenvalue weighted by molar-refractivity contribution is -0.140. The molecule has 2 heterocycles. The highest BCUT2D eigenvalue weighted by Crippen LogP contribution is 2.59. The Morgan fingerprint density at radius 2 is 1.97 bits per heavy atom. The Morgan fingerprint density at radius 1 is 1.20 bits per heavy atom. The number of likely N-dealkylation sites (tertiary alicyclic amines) is 1. The number of carbonyl (C=O) groups is 3. The van der Waals surface area contributed by atoms with Gasteiger partial charge < -0.3 is 26.0 Å². The number of primary amides is 1. The molecule has 1 unspecified atom stereocenters. The van der Waals surface area contributed by atoms with Gasteiger partial charge in [-0.2, -0.15) is 0 Å². The van der Waals surface area contributed by atoms with Gasteiger partial charge in [0.25, 0.3) is 0 Å². The third-order valence-electron chi connectivity index (χ3n) is 7.29. The van der Waals surface area contributed by atoms with Crippen LogP contribution in [0.2, 0.25) is 0 Å². The molecule has 0 radical (unpaired) electrons. The fraction of sp³-hybridized carbons (Fsp3) is 0.762. The molecule has 0 bridgehead atoms. The van der Waals surface area contributed by atoms with Crippen LogP contribution >= 0.6 is 0 Å². The summed E-state index contributed by atoms with van der Waals surface area (Å²) in [6, 6.07) is -1.08. The molecule has 4 atom stereocenters. The molecule has 4 N–H and O–H groups in total. The highest BCUT2D eigenvalue weighted by atomic mass is 16.3. The largest absolute Gasteiger partial charge is 0.396 e. The SMILES string of the molecule is CC1(C)CCCC(NC(=O)[C@@H]2C[C@@]3(CO)C[C@H]3N2C(=O)CN2C=CN(C(N)=O)C2)C1. The van der Waals surface area contributed by atoms with Crippen molar-refractivity contribution in [2.24, 2.45) is 16.6 Å². The van der Waals surface area contributed by atoms with Crippen LogP contribution in [0.15, 0.2) is 12.4 Å². The van der Waals surface area contributed by atoms with Gasteiger partial charge in [0.1, 0.15) is 6.04 Å². The number of nitrogens with two attached hydrogens (primary N) is 1. The van der Waals surface area contributed by atoms with Crippen molar-refractivity contribution in [2.45, 2.75) is 70.5 Å². The smallest absolute Gasteiger partial charge is 0.320 e. The van der Waals surface area contributed by atoms with Crippen LogP contribution < -0.4 is 11.1 Å². The van der Waals surface area contributed by atoms with Gasteiger partial charge in [0, 0.05) is 29.9 Å².